The summed E-state index contributed by atoms with van der Waals surface area (Å²) in [6, 6.07) is 12.0. The first-order valence-electron chi connectivity index (χ1n) is 11.4. The summed E-state index contributed by atoms with van der Waals surface area (Å²) in [6.07, 6.45) is -12.2. The van der Waals surface area contributed by atoms with Crippen molar-refractivity contribution >= 4 is 34.5 Å². The Kier molecular flexibility index (Phi) is 9.38. The zero-order chi connectivity index (χ0) is 29.1. The van der Waals surface area contributed by atoms with Crippen LogP contribution in [0.1, 0.15) is 24.0 Å². The fourth-order valence-corrected chi connectivity index (χ4v) is 5.12. The van der Waals surface area contributed by atoms with Gasteiger partial charge in [-0.15, -0.1) is 0 Å². The van der Waals surface area contributed by atoms with Crippen LogP contribution < -0.4 is 0 Å². The third-order valence-electron chi connectivity index (χ3n) is 6.24. The van der Waals surface area contributed by atoms with E-state index in [0.717, 1.165) is 24.3 Å². The number of alkyl halides is 6. The molecule has 0 amide bonds. The summed E-state index contributed by atoms with van der Waals surface area (Å²) in [7, 11) is 1.36. The summed E-state index contributed by atoms with van der Waals surface area (Å²) in [6.45, 7) is 0. The van der Waals surface area contributed by atoms with Gasteiger partial charge >= 0.3 is 24.3 Å². The van der Waals surface area contributed by atoms with E-state index >= 15 is 0 Å². The molecule has 0 heterocycles. The number of methoxy groups -OCH3 is 2. The Labute approximate surface area is 233 Å². The summed E-state index contributed by atoms with van der Waals surface area (Å²) in [5, 5.41) is 0. The fraction of sp³-hybridized carbons (Fsp3) is 0.385. The maximum Gasteiger partial charge on any atom is 0.432 e. The van der Waals surface area contributed by atoms with E-state index in [9.17, 15) is 35.9 Å². The van der Waals surface area contributed by atoms with E-state index in [1.54, 1.807) is 22.6 Å². The predicted molar refractivity (Wildman–Crippen MR) is 133 cm³/mol. The molecule has 0 saturated heterocycles. The Bertz CT molecular complexity index is 1190. The lowest BCUT2D eigenvalue weighted by molar-refractivity contribution is -0.284. The number of ether oxygens (including phenoxy) is 4. The molecule has 0 fully saturated rings. The molecule has 0 aliphatic heterocycles. The molecule has 13 heteroatoms. The summed E-state index contributed by atoms with van der Waals surface area (Å²) in [5.74, 6) is -3.74. The van der Waals surface area contributed by atoms with E-state index < -0.39 is 58.8 Å². The van der Waals surface area contributed by atoms with Gasteiger partial charge in [0.05, 0.1) is 0 Å². The first-order chi connectivity index (χ1) is 18.3. The zero-order valence-corrected chi connectivity index (χ0v) is 22.7. The van der Waals surface area contributed by atoms with Gasteiger partial charge in [-0.3, -0.25) is 0 Å². The van der Waals surface area contributed by atoms with Gasteiger partial charge in [0.1, 0.15) is 6.10 Å². The molecule has 0 unspecified atom stereocenters. The van der Waals surface area contributed by atoms with Crippen molar-refractivity contribution in [2.75, 3.05) is 14.2 Å². The van der Waals surface area contributed by atoms with Gasteiger partial charge < -0.3 is 18.9 Å². The van der Waals surface area contributed by atoms with Crippen LogP contribution in [-0.2, 0) is 39.7 Å². The van der Waals surface area contributed by atoms with E-state index in [0.29, 0.717) is 14.2 Å². The molecule has 0 N–H and O–H groups in total. The molecule has 1 aliphatic rings. The van der Waals surface area contributed by atoms with E-state index in [4.69, 9.17) is 18.9 Å². The zero-order valence-electron chi connectivity index (χ0n) is 20.5. The van der Waals surface area contributed by atoms with Crippen LogP contribution in [0.3, 0.4) is 0 Å². The first-order valence-corrected chi connectivity index (χ1v) is 12.5. The molecule has 6 nitrogen and oxygen atoms in total. The normalized spacial score (nSPS) is 21.2. The highest BCUT2D eigenvalue weighted by Gasteiger charge is 2.66. The lowest BCUT2D eigenvalue weighted by Gasteiger charge is -2.38. The van der Waals surface area contributed by atoms with Gasteiger partial charge in [0.25, 0.3) is 11.2 Å². The summed E-state index contributed by atoms with van der Waals surface area (Å²) >= 11 is 1.67. The Balaban J connectivity index is 1.99. The highest BCUT2D eigenvalue weighted by molar-refractivity contribution is 14.1. The minimum absolute atomic E-state index is 0.139. The van der Waals surface area contributed by atoms with Gasteiger partial charge in [0, 0.05) is 28.9 Å². The lowest BCUT2D eigenvalue weighted by Crippen LogP contribution is -2.55. The SMILES string of the molecule is CO[C@](C(=O)O[C@@H]1C(I)=CCC[C@H]1OC(=O)[C@@](OC)(c1ccccc1)C(F)(F)F)(c1ccccc1)C(F)(F)F. The maximum absolute atomic E-state index is 14.3. The number of halogens is 7. The van der Waals surface area contributed by atoms with Crippen LogP contribution in [0.25, 0.3) is 0 Å². The van der Waals surface area contributed by atoms with Crippen LogP contribution in [0.15, 0.2) is 70.3 Å². The average Bonchev–Trinajstić information content (AvgIpc) is 2.87. The highest BCUT2D eigenvalue weighted by atomic mass is 127. The van der Waals surface area contributed by atoms with Gasteiger partial charge in [0.15, 0.2) is 6.10 Å². The van der Waals surface area contributed by atoms with Crippen molar-refractivity contribution in [3.8, 4) is 0 Å². The molecule has 2 aromatic rings. The Morgan fingerprint density at radius 3 is 1.54 bits per heavy atom. The van der Waals surface area contributed by atoms with E-state index in [2.05, 4.69) is 0 Å². The molecule has 0 bridgehead atoms. The lowest BCUT2D eigenvalue weighted by atomic mass is 9.91. The molecule has 1 aliphatic carbocycles. The molecule has 3 rings (SSSR count). The van der Waals surface area contributed by atoms with Crippen molar-refractivity contribution in [1.29, 1.82) is 0 Å². The largest absolute Gasteiger partial charge is 0.455 e. The molecule has 4 atom stereocenters. The molecular weight excluding hydrogens is 649 g/mol. The van der Waals surface area contributed by atoms with Crippen molar-refractivity contribution in [3.63, 3.8) is 0 Å². The molecular formula is C26H23F6IO6. The Morgan fingerprint density at radius 2 is 1.15 bits per heavy atom. The first kappa shape index (κ1) is 30.9. The van der Waals surface area contributed by atoms with Crippen molar-refractivity contribution in [2.45, 2.75) is 48.6 Å². The van der Waals surface area contributed by atoms with E-state index in [-0.39, 0.29) is 16.4 Å². The molecule has 0 radical (unpaired) electrons. The number of carbonyl (C=O) groups is 2. The number of benzene rings is 2. The Hall–Kier alpha value is -2.65. The second-order valence-corrected chi connectivity index (χ2v) is 9.68. The van der Waals surface area contributed by atoms with Crippen LogP contribution >= 0.6 is 22.6 Å². The molecule has 0 saturated carbocycles. The van der Waals surface area contributed by atoms with Gasteiger partial charge in [-0.2, -0.15) is 26.3 Å². The molecule has 0 spiro atoms. The summed E-state index contributed by atoms with van der Waals surface area (Å²) in [5.41, 5.74) is -8.24. The van der Waals surface area contributed by atoms with Crippen molar-refractivity contribution in [1.82, 2.24) is 0 Å². The maximum atomic E-state index is 14.3. The number of allylic oxidation sites excluding steroid dienone is 1. The van der Waals surface area contributed by atoms with Crippen LogP contribution in [0, 0.1) is 0 Å². The van der Waals surface area contributed by atoms with E-state index in [1.807, 2.05) is 0 Å². The van der Waals surface area contributed by atoms with Gasteiger partial charge in [0.2, 0.25) is 0 Å². The van der Waals surface area contributed by atoms with Gasteiger partial charge in [-0.1, -0.05) is 66.7 Å². The molecule has 212 valence electrons. The van der Waals surface area contributed by atoms with Crippen LogP contribution in [-0.4, -0.2) is 50.7 Å². The number of hydrogen-bond acceptors (Lipinski definition) is 6. The summed E-state index contributed by atoms with van der Waals surface area (Å²) in [4.78, 5) is 26.3. The molecule has 2 aromatic carbocycles. The number of carbonyl (C=O) groups excluding carboxylic acids is 2. The second-order valence-electron chi connectivity index (χ2n) is 8.43. The minimum Gasteiger partial charge on any atom is -0.455 e. The monoisotopic (exact) mass is 672 g/mol. The quantitative estimate of drug-likeness (QED) is 0.191. The number of esters is 2. The average molecular weight is 672 g/mol. The number of hydrogen-bond donors (Lipinski definition) is 0. The third kappa shape index (κ3) is 5.66. The van der Waals surface area contributed by atoms with E-state index in [1.165, 1.54) is 42.5 Å². The smallest absolute Gasteiger partial charge is 0.432 e. The van der Waals surface area contributed by atoms with Gasteiger partial charge in [-0.05, 0) is 35.4 Å². The predicted octanol–water partition coefficient (Wildman–Crippen LogP) is 6.13. The fourth-order valence-electron chi connectivity index (χ4n) is 4.28. The van der Waals surface area contributed by atoms with Crippen molar-refractivity contribution in [3.05, 3.63) is 81.4 Å². The Morgan fingerprint density at radius 1 is 0.744 bits per heavy atom. The van der Waals surface area contributed by atoms with Crippen LogP contribution in [0.4, 0.5) is 26.3 Å². The molecule has 0 aromatic heterocycles. The van der Waals surface area contributed by atoms with Crippen LogP contribution in [0.2, 0.25) is 0 Å². The topological polar surface area (TPSA) is 71.1 Å². The van der Waals surface area contributed by atoms with Crippen molar-refractivity contribution in [2.24, 2.45) is 0 Å². The molecule has 39 heavy (non-hydrogen) atoms. The highest BCUT2D eigenvalue weighted by Crippen LogP contribution is 2.46. The minimum atomic E-state index is -5.29. The summed E-state index contributed by atoms with van der Waals surface area (Å²) < 4.78 is 106. The standard InChI is InChI=1S/C26H23F6IO6/c1-36-23(25(27,28)29,16-10-5-3-6-11-16)21(34)38-19-15-9-14-18(33)20(19)39-22(35)24(37-2,26(30,31)32)17-12-7-4-8-13-17/h3-8,10-14,19-20H,9,15H2,1-2H3/t19-,20-,23+,24+/m1/s1. The third-order valence-corrected chi connectivity index (χ3v) is 7.29. The second kappa shape index (κ2) is 11.8. The van der Waals surface area contributed by atoms with Gasteiger partial charge in [-0.25, -0.2) is 9.59 Å². The number of rotatable bonds is 8. The van der Waals surface area contributed by atoms with Crippen LogP contribution in [0.5, 0.6) is 0 Å². The van der Waals surface area contributed by atoms with Crippen molar-refractivity contribution < 1.29 is 54.9 Å².